The van der Waals surface area contributed by atoms with Gasteiger partial charge in [-0.2, -0.15) is 0 Å². The molecule has 12 heavy (non-hydrogen) atoms. The molecule has 1 aromatic carbocycles. The van der Waals surface area contributed by atoms with Gasteiger partial charge in [-0.05, 0) is 12.1 Å². The fraction of sp³-hybridized carbons (Fsp3) is 0.111. The summed E-state index contributed by atoms with van der Waals surface area (Å²) in [6, 6.07) is 8.03. The minimum absolute atomic E-state index is 0.300. The maximum atomic E-state index is 8.34. The molecule has 2 radical (unpaired) electrons. The molecule has 0 saturated heterocycles. The summed E-state index contributed by atoms with van der Waals surface area (Å²) in [5.41, 5.74) is 1.17. The van der Waals surface area contributed by atoms with Crippen molar-refractivity contribution in [1.82, 2.24) is 0 Å². The fourth-order valence-electron chi connectivity index (χ4n) is 1.06. The molecule has 60 valence electrons. The van der Waals surface area contributed by atoms with E-state index in [9.17, 15) is 0 Å². The molecule has 2 rings (SSSR count). The molecule has 0 unspecified atom stereocenters. The predicted molar refractivity (Wildman–Crippen MR) is 47.4 cm³/mol. The first-order valence-electron chi connectivity index (χ1n) is 3.55. The molecule has 2 nitrogen and oxygen atoms in total. The molecule has 0 fully saturated rings. The Morgan fingerprint density at radius 1 is 1.25 bits per heavy atom. The Balaban J connectivity index is 0.000000336. The number of ether oxygens (including phenoxy) is 1. The molecule has 1 aromatic rings. The molecule has 1 aliphatic heterocycles. The van der Waals surface area contributed by atoms with Gasteiger partial charge < -0.3 is 4.74 Å². The van der Waals surface area contributed by atoms with Crippen LogP contribution in [0.1, 0.15) is 5.56 Å². The van der Waals surface area contributed by atoms with Gasteiger partial charge in [0, 0.05) is 5.56 Å². The van der Waals surface area contributed by atoms with Gasteiger partial charge in [0.2, 0.25) is 0 Å². The normalized spacial score (nSPS) is 12.0. The van der Waals surface area contributed by atoms with Crippen molar-refractivity contribution in [2.45, 2.75) is 0 Å². The molecule has 0 spiro atoms. The third kappa shape index (κ3) is 2.17. The van der Waals surface area contributed by atoms with E-state index in [1.165, 1.54) is 5.56 Å². The zero-order chi connectivity index (χ0) is 8.81. The van der Waals surface area contributed by atoms with Crippen LogP contribution in [-0.4, -0.2) is 29.1 Å². The van der Waals surface area contributed by atoms with E-state index in [4.69, 9.17) is 7.81 Å². The van der Waals surface area contributed by atoms with Crippen LogP contribution >= 0.6 is 0 Å². The molecule has 0 amide bonds. The van der Waals surface area contributed by atoms with Crippen LogP contribution in [-0.2, 0) is 3.08 Å². The van der Waals surface area contributed by atoms with Crippen LogP contribution in [0.4, 0.5) is 0 Å². The predicted octanol–water partition coefficient (Wildman–Crippen LogP) is 1.59. The molecular weight excluding hydrogens is 259 g/mol. The van der Waals surface area contributed by atoms with Gasteiger partial charge in [-0.15, -0.1) is 0 Å². The van der Waals surface area contributed by atoms with Gasteiger partial charge in [0.05, 0.1) is 0 Å². The van der Waals surface area contributed by atoms with Crippen LogP contribution in [0.2, 0.25) is 0 Å². The SMILES string of the molecule is C1=Cc2ccccc2OC1.[O]=[Sn]. The van der Waals surface area contributed by atoms with Crippen molar-refractivity contribution in [3.8, 4) is 5.75 Å². The number of para-hydroxylation sites is 1. The van der Waals surface area contributed by atoms with Crippen molar-refractivity contribution >= 4 is 28.6 Å². The summed E-state index contributed by atoms with van der Waals surface area (Å²) < 4.78 is 13.7. The van der Waals surface area contributed by atoms with Gasteiger partial charge in [0.1, 0.15) is 12.4 Å². The van der Waals surface area contributed by atoms with Gasteiger partial charge in [-0.3, -0.25) is 0 Å². The number of fused-ring (bicyclic) bond motifs is 1. The third-order valence-electron chi connectivity index (χ3n) is 1.55. The minimum atomic E-state index is 0.300. The molecule has 1 heterocycles. The average Bonchev–Trinajstić information content (AvgIpc) is 2.21. The van der Waals surface area contributed by atoms with Crippen LogP contribution in [0.15, 0.2) is 30.3 Å². The van der Waals surface area contributed by atoms with Crippen LogP contribution in [0, 0.1) is 0 Å². The van der Waals surface area contributed by atoms with Crippen molar-refractivity contribution < 1.29 is 7.81 Å². The fourth-order valence-corrected chi connectivity index (χ4v) is 1.06. The summed E-state index contributed by atoms with van der Waals surface area (Å²) in [6.07, 6.45) is 4.10. The quantitative estimate of drug-likeness (QED) is 0.667. The zero-order valence-electron chi connectivity index (χ0n) is 6.49. The Morgan fingerprint density at radius 3 is 2.75 bits per heavy atom. The molecule has 0 atom stereocenters. The second-order valence-corrected chi connectivity index (χ2v) is 2.25. The Hall–Kier alpha value is -0.641. The number of hydrogen-bond acceptors (Lipinski definition) is 2. The molecule has 0 saturated carbocycles. The van der Waals surface area contributed by atoms with E-state index in [1.807, 2.05) is 30.3 Å². The Kier molecular flexibility index (Phi) is 4.00. The third-order valence-corrected chi connectivity index (χ3v) is 1.55. The van der Waals surface area contributed by atoms with Gasteiger partial charge in [0.25, 0.3) is 0 Å². The van der Waals surface area contributed by atoms with Crippen LogP contribution in [0.5, 0.6) is 5.75 Å². The first-order chi connectivity index (χ1) is 5.97. The van der Waals surface area contributed by atoms with Crippen LogP contribution < -0.4 is 4.74 Å². The Bertz CT molecular complexity index is 284. The van der Waals surface area contributed by atoms with Gasteiger partial charge in [-0.25, -0.2) is 0 Å². The summed E-state index contributed by atoms with van der Waals surface area (Å²) >= 11 is 0.300. The summed E-state index contributed by atoms with van der Waals surface area (Å²) in [5.74, 6) is 0.991. The van der Waals surface area contributed by atoms with E-state index in [0.717, 1.165) is 5.75 Å². The summed E-state index contributed by atoms with van der Waals surface area (Å²) in [7, 11) is 0. The monoisotopic (exact) mass is 268 g/mol. The molecule has 1 aliphatic rings. The van der Waals surface area contributed by atoms with E-state index in [-0.39, 0.29) is 0 Å². The molecule has 0 aromatic heterocycles. The van der Waals surface area contributed by atoms with E-state index >= 15 is 0 Å². The molecular formula is C9H8O2Sn. The Morgan fingerprint density at radius 2 is 2.00 bits per heavy atom. The van der Waals surface area contributed by atoms with E-state index in [1.54, 1.807) is 0 Å². The maximum absolute atomic E-state index is 8.34. The second kappa shape index (κ2) is 5.08. The second-order valence-electron chi connectivity index (χ2n) is 2.25. The summed E-state index contributed by atoms with van der Waals surface area (Å²) in [4.78, 5) is 0. The van der Waals surface area contributed by atoms with Crippen LogP contribution in [0.25, 0.3) is 6.08 Å². The van der Waals surface area contributed by atoms with Crippen LogP contribution in [0.3, 0.4) is 0 Å². The number of rotatable bonds is 0. The molecule has 0 N–H and O–H groups in total. The average molecular weight is 267 g/mol. The van der Waals surface area contributed by atoms with Crippen molar-refractivity contribution in [2.24, 2.45) is 0 Å². The van der Waals surface area contributed by atoms with Crippen molar-refractivity contribution in [1.29, 1.82) is 0 Å². The van der Waals surface area contributed by atoms with Crippen molar-refractivity contribution in [3.63, 3.8) is 0 Å². The Labute approximate surface area is 84.7 Å². The first-order valence-corrected chi connectivity index (χ1v) is 4.72. The molecule has 3 heteroatoms. The van der Waals surface area contributed by atoms with Gasteiger partial charge in [-0.1, -0.05) is 24.3 Å². The number of benzene rings is 1. The zero-order valence-corrected chi connectivity index (χ0v) is 9.34. The molecule has 0 bridgehead atoms. The van der Waals surface area contributed by atoms with Gasteiger partial charge >= 0.3 is 25.6 Å². The molecule has 0 aliphatic carbocycles. The summed E-state index contributed by atoms with van der Waals surface area (Å²) in [5, 5.41) is 0. The van der Waals surface area contributed by atoms with E-state index in [2.05, 4.69) is 6.08 Å². The number of hydrogen-bond donors (Lipinski definition) is 0. The standard InChI is InChI=1S/C9H8O.O.Sn/c1-2-6-9-8(4-1)5-3-7-10-9;;/h1-6H,7H2;;. The van der Waals surface area contributed by atoms with Crippen molar-refractivity contribution in [2.75, 3.05) is 6.61 Å². The van der Waals surface area contributed by atoms with Crippen molar-refractivity contribution in [3.05, 3.63) is 35.9 Å². The topological polar surface area (TPSA) is 26.3 Å². The van der Waals surface area contributed by atoms with E-state index in [0.29, 0.717) is 29.1 Å². The van der Waals surface area contributed by atoms with E-state index < -0.39 is 0 Å². The first kappa shape index (κ1) is 9.45. The van der Waals surface area contributed by atoms with Gasteiger partial charge in [0.15, 0.2) is 0 Å². The summed E-state index contributed by atoms with van der Waals surface area (Å²) in [6.45, 7) is 0.705.